The monoisotopic (exact) mass is 432 g/mol. The fraction of sp³-hybridized carbons (Fsp3) is 0.280. The number of pyridine rings is 1. The normalized spacial score (nSPS) is 13.3. The zero-order chi connectivity index (χ0) is 21.2. The second-order valence-electron chi connectivity index (χ2n) is 8.09. The third kappa shape index (κ3) is 4.10. The molecule has 2 heterocycles. The summed E-state index contributed by atoms with van der Waals surface area (Å²) in [5, 5.41) is 9.41. The third-order valence-electron chi connectivity index (χ3n) is 6.07. The molecule has 5 nitrogen and oxygen atoms in total. The fourth-order valence-electron chi connectivity index (χ4n) is 4.51. The van der Waals surface area contributed by atoms with Crippen molar-refractivity contribution >= 4 is 45.0 Å². The highest BCUT2D eigenvalue weighted by atomic mass is 35.5. The maximum absolute atomic E-state index is 12.5. The number of para-hydroxylation sites is 1. The van der Waals surface area contributed by atoms with Crippen molar-refractivity contribution in [3.05, 3.63) is 70.5 Å². The molecule has 0 spiro atoms. The minimum atomic E-state index is 0.0352. The van der Waals surface area contributed by atoms with Crippen LogP contribution < -0.4 is 10.6 Å². The van der Waals surface area contributed by atoms with E-state index in [1.54, 1.807) is 0 Å². The number of H-pyrrole nitrogens is 1. The number of rotatable bonds is 6. The molecule has 2 aromatic carbocycles. The number of aryl methyl sites for hydroxylation is 2. The first-order chi connectivity index (χ1) is 15.2. The first-order valence-electron chi connectivity index (χ1n) is 10.9. The molecule has 2 aromatic heterocycles. The van der Waals surface area contributed by atoms with Gasteiger partial charge >= 0.3 is 0 Å². The average molecular weight is 433 g/mol. The minimum absolute atomic E-state index is 0.0352. The van der Waals surface area contributed by atoms with E-state index in [1.807, 2.05) is 36.5 Å². The van der Waals surface area contributed by atoms with Crippen molar-refractivity contribution in [2.24, 2.45) is 0 Å². The maximum atomic E-state index is 12.5. The highest BCUT2D eigenvalue weighted by molar-refractivity contribution is 6.31. The van der Waals surface area contributed by atoms with Crippen LogP contribution in [0.1, 0.15) is 36.1 Å². The van der Waals surface area contributed by atoms with Crippen LogP contribution in [-0.2, 0) is 24.1 Å². The molecular weight excluding hydrogens is 408 g/mol. The molecule has 0 aliphatic heterocycles. The van der Waals surface area contributed by atoms with Crippen molar-refractivity contribution in [1.82, 2.24) is 15.3 Å². The lowest BCUT2D eigenvalue weighted by Gasteiger charge is -2.22. The van der Waals surface area contributed by atoms with Gasteiger partial charge in [-0.15, -0.1) is 0 Å². The molecule has 5 rings (SSSR count). The summed E-state index contributed by atoms with van der Waals surface area (Å²) in [4.78, 5) is 20.6. The molecule has 0 radical (unpaired) electrons. The number of aromatic nitrogens is 2. The number of aromatic amines is 1. The molecule has 1 amide bonds. The molecule has 0 bridgehead atoms. The van der Waals surface area contributed by atoms with Crippen LogP contribution in [0.15, 0.2) is 48.7 Å². The van der Waals surface area contributed by atoms with Gasteiger partial charge in [-0.25, -0.2) is 0 Å². The number of halogens is 1. The van der Waals surface area contributed by atoms with Gasteiger partial charge < -0.3 is 15.6 Å². The van der Waals surface area contributed by atoms with Crippen LogP contribution in [0.5, 0.6) is 0 Å². The van der Waals surface area contributed by atoms with Crippen molar-refractivity contribution in [1.29, 1.82) is 0 Å². The minimum Gasteiger partial charge on any atom is -0.367 e. The van der Waals surface area contributed by atoms with Gasteiger partial charge in [-0.05, 0) is 67.5 Å². The van der Waals surface area contributed by atoms with Gasteiger partial charge in [0, 0.05) is 45.3 Å². The SMILES string of the molecule is O=C(CCc1c[nH]c2ccccc12)NCNc1c2c(nc3cc(Cl)ccc13)CCCC2. The smallest absolute Gasteiger partial charge is 0.221 e. The standard InChI is InChI=1S/C25H25ClN4O/c26-17-10-11-20-23(13-17)30-22-8-4-2-6-19(22)25(20)29-15-28-24(31)12-9-16-14-27-21-7-3-1-5-18(16)21/h1,3,5,7,10-11,13-14,27H,2,4,6,8-9,12,15H2,(H,28,31)(H,29,30). The number of hydrogen-bond donors (Lipinski definition) is 3. The van der Waals surface area contributed by atoms with Gasteiger partial charge in [0.05, 0.1) is 12.2 Å². The maximum Gasteiger partial charge on any atom is 0.221 e. The van der Waals surface area contributed by atoms with E-state index >= 15 is 0 Å². The van der Waals surface area contributed by atoms with Gasteiger partial charge in [0.2, 0.25) is 5.91 Å². The van der Waals surface area contributed by atoms with E-state index in [2.05, 4.69) is 27.8 Å². The van der Waals surface area contributed by atoms with Crippen molar-refractivity contribution < 1.29 is 4.79 Å². The largest absolute Gasteiger partial charge is 0.367 e. The molecule has 158 valence electrons. The number of carbonyl (C=O) groups is 1. The predicted molar refractivity (Wildman–Crippen MR) is 127 cm³/mol. The summed E-state index contributed by atoms with van der Waals surface area (Å²) in [6, 6.07) is 14.0. The van der Waals surface area contributed by atoms with E-state index in [0.717, 1.165) is 47.1 Å². The number of carbonyl (C=O) groups excluding carboxylic acids is 1. The molecule has 0 atom stereocenters. The summed E-state index contributed by atoms with van der Waals surface area (Å²) in [6.45, 7) is 0.390. The highest BCUT2D eigenvalue weighted by Crippen LogP contribution is 2.34. The number of benzene rings is 2. The number of fused-ring (bicyclic) bond motifs is 3. The Bertz CT molecular complexity index is 1260. The van der Waals surface area contributed by atoms with E-state index in [0.29, 0.717) is 24.5 Å². The van der Waals surface area contributed by atoms with Gasteiger partial charge in [0.15, 0.2) is 0 Å². The number of hydrogen-bond acceptors (Lipinski definition) is 3. The summed E-state index contributed by atoms with van der Waals surface area (Å²) in [5.74, 6) is 0.0352. The molecule has 0 unspecified atom stereocenters. The van der Waals surface area contributed by atoms with Crippen molar-refractivity contribution in [3.8, 4) is 0 Å². The summed E-state index contributed by atoms with van der Waals surface area (Å²) >= 11 is 6.19. The van der Waals surface area contributed by atoms with Gasteiger partial charge in [-0.3, -0.25) is 9.78 Å². The zero-order valence-corrected chi connectivity index (χ0v) is 18.1. The van der Waals surface area contributed by atoms with E-state index < -0.39 is 0 Å². The third-order valence-corrected chi connectivity index (χ3v) is 6.31. The van der Waals surface area contributed by atoms with Crippen LogP contribution in [0, 0.1) is 0 Å². The van der Waals surface area contributed by atoms with Crippen LogP contribution >= 0.6 is 11.6 Å². The lowest BCUT2D eigenvalue weighted by atomic mass is 9.93. The number of amides is 1. The van der Waals surface area contributed by atoms with Crippen LogP contribution in [-0.4, -0.2) is 22.5 Å². The molecule has 4 aromatic rings. The number of nitrogens with zero attached hydrogens (tertiary/aromatic N) is 1. The second kappa shape index (κ2) is 8.60. The van der Waals surface area contributed by atoms with E-state index in [1.165, 1.54) is 22.9 Å². The molecule has 0 saturated carbocycles. The van der Waals surface area contributed by atoms with Crippen LogP contribution in [0.3, 0.4) is 0 Å². The van der Waals surface area contributed by atoms with Gasteiger partial charge in [0.1, 0.15) is 0 Å². The Kier molecular flexibility index (Phi) is 5.51. The first kappa shape index (κ1) is 19.9. The highest BCUT2D eigenvalue weighted by Gasteiger charge is 2.18. The summed E-state index contributed by atoms with van der Waals surface area (Å²) in [6.07, 6.45) is 7.49. The summed E-state index contributed by atoms with van der Waals surface area (Å²) < 4.78 is 0. The Balaban J connectivity index is 1.26. The molecule has 31 heavy (non-hydrogen) atoms. The zero-order valence-electron chi connectivity index (χ0n) is 17.3. The molecule has 1 aliphatic carbocycles. The fourth-order valence-corrected chi connectivity index (χ4v) is 4.67. The van der Waals surface area contributed by atoms with Crippen LogP contribution in [0.2, 0.25) is 5.02 Å². The quantitative estimate of drug-likeness (QED) is 0.359. The lowest BCUT2D eigenvalue weighted by Crippen LogP contribution is -2.29. The average Bonchev–Trinajstić information content (AvgIpc) is 3.20. The molecule has 1 aliphatic rings. The molecule has 0 saturated heterocycles. The Morgan fingerprint density at radius 2 is 1.97 bits per heavy atom. The molecule has 3 N–H and O–H groups in total. The Morgan fingerprint density at radius 1 is 1.10 bits per heavy atom. The van der Waals surface area contributed by atoms with Crippen LogP contribution in [0.25, 0.3) is 21.8 Å². The van der Waals surface area contributed by atoms with Crippen LogP contribution in [0.4, 0.5) is 5.69 Å². The van der Waals surface area contributed by atoms with Gasteiger partial charge in [-0.2, -0.15) is 0 Å². The van der Waals surface area contributed by atoms with E-state index in [4.69, 9.17) is 16.6 Å². The van der Waals surface area contributed by atoms with Gasteiger partial charge in [-0.1, -0.05) is 29.8 Å². The molecular formula is C25H25ClN4O. The van der Waals surface area contributed by atoms with E-state index in [-0.39, 0.29) is 5.91 Å². The van der Waals surface area contributed by atoms with Gasteiger partial charge in [0.25, 0.3) is 0 Å². The van der Waals surface area contributed by atoms with Crippen molar-refractivity contribution in [2.45, 2.75) is 38.5 Å². The first-order valence-corrected chi connectivity index (χ1v) is 11.2. The van der Waals surface area contributed by atoms with E-state index in [9.17, 15) is 4.79 Å². The molecule has 6 heteroatoms. The Hall–Kier alpha value is -3.05. The van der Waals surface area contributed by atoms with Crippen molar-refractivity contribution in [3.63, 3.8) is 0 Å². The Morgan fingerprint density at radius 3 is 2.90 bits per heavy atom. The number of nitrogens with one attached hydrogen (secondary N) is 3. The molecule has 0 fully saturated rings. The Labute approximate surface area is 186 Å². The second-order valence-corrected chi connectivity index (χ2v) is 8.53. The lowest BCUT2D eigenvalue weighted by molar-refractivity contribution is -0.120. The predicted octanol–water partition coefficient (Wildman–Crippen LogP) is 5.37. The number of anilines is 1. The summed E-state index contributed by atoms with van der Waals surface area (Å²) in [5.41, 5.74) is 6.68. The topological polar surface area (TPSA) is 69.8 Å². The summed E-state index contributed by atoms with van der Waals surface area (Å²) in [7, 11) is 0. The van der Waals surface area contributed by atoms with Crippen molar-refractivity contribution in [2.75, 3.05) is 12.0 Å².